The molecule has 0 spiro atoms. The molecule has 0 aliphatic carbocycles. The fourth-order valence-corrected chi connectivity index (χ4v) is 2.18. The van der Waals surface area contributed by atoms with Crippen LogP contribution in [0.3, 0.4) is 0 Å². The fraction of sp³-hybridized carbons (Fsp3) is 0.294. The molecular formula is C17H20ClNO. The van der Waals surface area contributed by atoms with Gasteiger partial charge in [-0.05, 0) is 31.5 Å². The van der Waals surface area contributed by atoms with Crippen molar-refractivity contribution in [1.29, 1.82) is 0 Å². The number of nitrogens with one attached hydrogen (secondary N) is 1. The van der Waals surface area contributed by atoms with Gasteiger partial charge in [0, 0.05) is 12.6 Å². The lowest BCUT2D eigenvalue weighted by molar-refractivity contribution is 0.213. The van der Waals surface area contributed by atoms with Crippen LogP contribution in [0.25, 0.3) is 0 Å². The third kappa shape index (κ3) is 4.26. The Morgan fingerprint density at radius 2 is 1.65 bits per heavy atom. The van der Waals surface area contributed by atoms with E-state index in [2.05, 4.69) is 36.5 Å². The highest BCUT2D eigenvalue weighted by molar-refractivity contribution is 6.32. The van der Waals surface area contributed by atoms with Gasteiger partial charge in [0.25, 0.3) is 0 Å². The second kappa shape index (κ2) is 7.32. The molecule has 0 heterocycles. The molecule has 0 aliphatic heterocycles. The minimum absolute atomic E-state index is 0.0565. The first-order valence-electron chi connectivity index (χ1n) is 6.86. The van der Waals surface area contributed by atoms with Crippen molar-refractivity contribution in [2.75, 3.05) is 6.54 Å². The van der Waals surface area contributed by atoms with E-state index in [9.17, 15) is 0 Å². The average Bonchev–Trinajstić information content (AvgIpc) is 2.48. The molecule has 2 unspecified atom stereocenters. The summed E-state index contributed by atoms with van der Waals surface area (Å²) in [6, 6.07) is 18.2. The number of hydrogen-bond donors (Lipinski definition) is 1. The number of hydrogen-bond acceptors (Lipinski definition) is 2. The highest BCUT2D eigenvalue weighted by Crippen LogP contribution is 2.24. The van der Waals surface area contributed by atoms with Crippen molar-refractivity contribution in [2.24, 2.45) is 0 Å². The zero-order valence-corrected chi connectivity index (χ0v) is 12.6. The van der Waals surface area contributed by atoms with E-state index in [1.54, 1.807) is 0 Å². The molecule has 2 aromatic rings. The van der Waals surface area contributed by atoms with Gasteiger partial charge in [0.2, 0.25) is 0 Å². The van der Waals surface area contributed by atoms with Gasteiger partial charge < -0.3 is 10.1 Å². The zero-order chi connectivity index (χ0) is 14.4. The summed E-state index contributed by atoms with van der Waals surface area (Å²) in [5, 5.41) is 4.12. The van der Waals surface area contributed by atoms with E-state index >= 15 is 0 Å². The van der Waals surface area contributed by atoms with Crippen LogP contribution >= 0.6 is 11.6 Å². The topological polar surface area (TPSA) is 21.3 Å². The summed E-state index contributed by atoms with van der Waals surface area (Å²) in [7, 11) is 0. The van der Waals surface area contributed by atoms with Gasteiger partial charge in [0.15, 0.2) is 0 Å². The maximum Gasteiger partial charge on any atom is 0.138 e. The second-order valence-corrected chi connectivity index (χ2v) is 5.31. The summed E-state index contributed by atoms with van der Waals surface area (Å²) in [4.78, 5) is 0. The molecule has 2 atom stereocenters. The maximum absolute atomic E-state index is 6.08. The molecule has 2 rings (SSSR count). The molecule has 2 aromatic carbocycles. The number of benzene rings is 2. The van der Waals surface area contributed by atoms with Crippen molar-refractivity contribution in [3.05, 3.63) is 65.2 Å². The maximum atomic E-state index is 6.08. The van der Waals surface area contributed by atoms with Gasteiger partial charge in [-0.2, -0.15) is 0 Å². The van der Waals surface area contributed by atoms with Gasteiger partial charge in [0.1, 0.15) is 11.9 Å². The Hall–Kier alpha value is -1.51. The summed E-state index contributed by atoms with van der Waals surface area (Å²) >= 11 is 6.08. The van der Waals surface area contributed by atoms with Crippen molar-refractivity contribution in [1.82, 2.24) is 5.32 Å². The van der Waals surface area contributed by atoms with Crippen LogP contribution in [0.15, 0.2) is 54.6 Å². The van der Waals surface area contributed by atoms with E-state index < -0.39 is 0 Å². The Morgan fingerprint density at radius 1 is 1.00 bits per heavy atom. The summed E-state index contributed by atoms with van der Waals surface area (Å²) in [5.74, 6) is 0.732. The van der Waals surface area contributed by atoms with Gasteiger partial charge in [-0.25, -0.2) is 0 Å². The van der Waals surface area contributed by atoms with Crippen LogP contribution in [-0.2, 0) is 0 Å². The lowest BCUT2D eigenvalue weighted by Crippen LogP contribution is -2.30. The molecule has 0 saturated heterocycles. The minimum Gasteiger partial charge on any atom is -0.488 e. The monoisotopic (exact) mass is 289 g/mol. The van der Waals surface area contributed by atoms with Crippen LogP contribution in [0.1, 0.15) is 25.5 Å². The van der Waals surface area contributed by atoms with Crippen LogP contribution in [-0.4, -0.2) is 12.6 Å². The summed E-state index contributed by atoms with van der Waals surface area (Å²) in [5.41, 5.74) is 1.28. The van der Waals surface area contributed by atoms with E-state index in [0.717, 1.165) is 12.3 Å². The van der Waals surface area contributed by atoms with Crippen molar-refractivity contribution >= 4 is 11.6 Å². The van der Waals surface area contributed by atoms with Crippen LogP contribution in [0.4, 0.5) is 0 Å². The Bertz CT molecular complexity index is 530. The normalized spacial score (nSPS) is 13.8. The molecule has 0 fully saturated rings. The predicted molar refractivity (Wildman–Crippen MR) is 84.4 cm³/mol. The quantitative estimate of drug-likeness (QED) is 0.848. The Balaban J connectivity index is 1.84. The van der Waals surface area contributed by atoms with Crippen LogP contribution in [0, 0.1) is 0 Å². The van der Waals surface area contributed by atoms with Crippen molar-refractivity contribution < 1.29 is 4.74 Å². The fourth-order valence-electron chi connectivity index (χ4n) is 2.00. The highest BCUT2D eigenvalue weighted by atomic mass is 35.5. The SMILES string of the molecule is CC(CNC(C)c1ccccc1)Oc1ccccc1Cl. The van der Waals surface area contributed by atoms with Crippen LogP contribution in [0.2, 0.25) is 5.02 Å². The molecular weight excluding hydrogens is 270 g/mol. The molecule has 0 aliphatic rings. The van der Waals surface area contributed by atoms with E-state index in [0.29, 0.717) is 11.1 Å². The number of ether oxygens (including phenoxy) is 1. The lowest BCUT2D eigenvalue weighted by Gasteiger charge is -2.20. The first-order valence-corrected chi connectivity index (χ1v) is 7.24. The van der Waals surface area contributed by atoms with Crippen molar-refractivity contribution in [2.45, 2.75) is 26.0 Å². The zero-order valence-electron chi connectivity index (χ0n) is 11.8. The molecule has 0 aromatic heterocycles. The predicted octanol–water partition coefficient (Wildman–Crippen LogP) is 4.46. The first kappa shape index (κ1) is 14.9. The van der Waals surface area contributed by atoms with Crippen molar-refractivity contribution in [3.8, 4) is 5.75 Å². The number of halogens is 1. The molecule has 3 heteroatoms. The molecule has 20 heavy (non-hydrogen) atoms. The Morgan fingerprint density at radius 3 is 2.35 bits per heavy atom. The number of para-hydroxylation sites is 1. The van der Waals surface area contributed by atoms with Gasteiger partial charge in [-0.1, -0.05) is 54.1 Å². The van der Waals surface area contributed by atoms with E-state index in [-0.39, 0.29) is 6.10 Å². The standard InChI is InChI=1S/C17H20ClNO/c1-13(20-17-11-7-6-10-16(17)18)12-19-14(2)15-8-4-3-5-9-15/h3-11,13-14,19H,12H2,1-2H3. The van der Waals surface area contributed by atoms with Gasteiger partial charge in [-0.15, -0.1) is 0 Å². The molecule has 0 saturated carbocycles. The largest absolute Gasteiger partial charge is 0.488 e. The molecule has 0 radical (unpaired) electrons. The van der Waals surface area contributed by atoms with Crippen LogP contribution < -0.4 is 10.1 Å². The Labute approximate surface area is 125 Å². The molecule has 2 nitrogen and oxygen atoms in total. The van der Waals surface area contributed by atoms with Gasteiger partial charge >= 0.3 is 0 Å². The summed E-state index contributed by atoms with van der Waals surface area (Å²) in [6.07, 6.45) is 0.0565. The molecule has 1 N–H and O–H groups in total. The number of rotatable bonds is 6. The van der Waals surface area contributed by atoms with Crippen LogP contribution in [0.5, 0.6) is 5.75 Å². The molecule has 0 amide bonds. The highest BCUT2D eigenvalue weighted by Gasteiger charge is 2.09. The lowest BCUT2D eigenvalue weighted by atomic mass is 10.1. The third-order valence-corrected chi connectivity index (χ3v) is 3.49. The van der Waals surface area contributed by atoms with E-state index in [4.69, 9.17) is 16.3 Å². The summed E-state index contributed by atoms with van der Waals surface area (Å²) < 4.78 is 5.84. The van der Waals surface area contributed by atoms with E-state index in [1.807, 2.05) is 37.3 Å². The minimum atomic E-state index is 0.0565. The van der Waals surface area contributed by atoms with Gasteiger partial charge in [-0.3, -0.25) is 0 Å². The second-order valence-electron chi connectivity index (χ2n) is 4.90. The van der Waals surface area contributed by atoms with E-state index in [1.165, 1.54) is 5.56 Å². The molecule has 106 valence electrons. The average molecular weight is 290 g/mol. The molecule has 0 bridgehead atoms. The third-order valence-electron chi connectivity index (χ3n) is 3.18. The smallest absolute Gasteiger partial charge is 0.138 e. The van der Waals surface area contributed by atoms with Crippen molar-refractivity contribution in [3.63, 3.8) is 0 Å². The Kier molecular flexibility index (Phi) is 5.45. The summed E-state index contributed by atoms with van der Waals surface area (Å²) in [6.45, 7) is 4.95. The first-order chi connectivity index (χ1) is 9.66. The van der Waals surface area contributed by atoms with Gasteiger partial charge in [0.05, 0.1) is 5.02 Å².